The third kappa shape index (κ3) is 1.57. The summed E-state index contributed by atoms with van der Waals surface area (Å²) < 4.78 is 0. The van der Waals surface area contributed by atoms with Gasteiger partial charge in [0.15, 0.2) is 0 Å². The van der Waals surface area contributed by atoms with Gasteiger partial charge < -0.3 is 10.1 Å². The fourth-order valence-electron chi connectivity index (χ4n) is 1.81. The molecule has 0 fully saturated rings. The number of nitriles is 1. The van der Waals surface area contributed by atoms with Gasteiger partial charge in [-0.25, -0.2) is 9.97 Å². The van der Waals surface area contributed by atoms with Crippen LogP contribution in [0.1, 0.15) is 5.56 Å². The Balaban J connectivity index is 2.14. The van der Waals surface area contributed by atoms with E-state index in [9.17, 15) is 5.11 Å². The lowest BCUT2D eigenvalue weighted by Crippen LogP contribution is -1.80. The molecule has 18 heavy (non-hydrogen) atoms. The summed E-state index contributed by atoms with van der Waals surface area (Å²) in [7, 11) is 0. The van der Waals surface area contributed by atoms with Crippen molar-refractivity contribution in [2.45, 2.75) is 0 Å². The number of aromatic nitrogens is 3. The molecular weight excluding hydrogens is 228 g/mol. The molecule has 5 heteroatoms. The van der Waals surface area contributed by atoms with E-state index in [0.29, 0.717) is 16.6 Å². The standard InChI is InChI=1S/C13H8N4O/c14-6-8-1-3-9(4-2-8)11-5-10-12(17-11)15-7-16-13(10)18/h1-5,7H,(H2,15,16,17,18). The number of benzene rings is 1. The molecule has 0 aliphatic rings. The first-order valence-electron chi connectivity index (χ1n) is 5.31. The molecule has 0 saturated heterocycles. The fourth-order valence-corrected chi connectivity index (χ4v) is 1.81. The minimum Gasteiger partial charge on any atom is -0.493 e. The van der Waals surface area contributed by atoms with Gasteiger partial charge in [-0.1, -0.05) is 12.1 Å². The van der Waals surface area contributed by atoms with Gasteiger partial charge in [0, 0.05) is 5.69 Å². The number of H-pyrrole nitrogens is 1. The average Bonchev–Trinajstić information content (AvgIpc) is 2.84. The molecule has 0 saturated carbocycles. The largest absolute Gasteiger partial charge is 0.493 e. The topological polar surface area (TPSA) is 85.6 Å². The van der Waals surface area contributed by atoms with E-state index in [1.54, 1.807) is 18.2 Å². The van der Waals surface area contributed by atoms with E-state index in [0.717, 1.165) is 11.3 Å². The van der Waals surface area contributed by atoms with Crippen LogP contribution in [0, 0.1) is 11.3 Å². The third-order valence-corrected chi connectivity index (χ3v) is 2.73. The minimum absolute atomic E-state index is 0.0452. The molecule has 3 rings (SSSR count). The Labute approximate surface area is 102 Å². The second-order valence-electron chi connectivity index (χ2n) is 3.83. The van der Waals surface area contributed by atoms with E-state index in [-0.39, 0.29) is 5.88 Å². The second kappa shape index (κ2) is 3.86. The van der Waals surface area contributed by atoms with Crippen molar-refractivity contribution in [3.63, 3.8) is 0 Å². The Hall–Kier alpha value is -2.87. The molecule has 0 amide bonds. The molecule has 0 bridgehead atoms. The summed E-state index contributed by atoms with van der Waals surface area (Å²) in [6, 6.07) is 11.0. The van der Waals surface area contributed by atoms with Crippen molar-refractivity contribution in [1.29, 1.82) is 5.26 Å². The Kier molecular flexibility index (Phi) is 2.21. The van der Waals surface area contributed by atoms with Crippen LogP contribution in [0.15, 0.2) is 36.7 Å². The van der Waals surface area contributed by atoms with Crippen LogP contribution in [0.3, 0.4) is 0 Å². The highest BCUT2D eigenvalue weighted by Crippen LogP contribution is 2.27. The maximum Gasteiger partial charge on any atom is 0.223 e. The molecule has 1 aromatic carbocycles. The Morgan fingerprint density at radius 3 is 2.61 bits per heavy atom. The van der Waals surface area contributed by atoms with Gasteiger partial charge in [-0.05, 0) is 23.8 Å². The molecule has 2 N–H and O–H groups in total. The Morgan fingerprint density at radius 2 is 1.94 bits per heavy atom. The Bertz CT molecular complexity index is 753. The summed E-state index contributed by atoms with van der Waals surface area (Å²) >= 11 is 0. The molecule has 2 heterocycles. The number of fused-ring (bicyclic) bond motifs is 1. The monoisotopic (exact) mass is 236 g/mol. The highest BCUT2D eigenvalue weighted by molar-refractivity contribution is 5.86. The first kappa shape index (κ1) is 10.3. The lowest BCUT2D eigenvalue weighted by atomic mass is 10.1. The van der Waals surface area contributed by atoms with Gasteiger partial charge in [0.05, 0.1) is 17.0 Å². The van der Waals surface area contributed by atoms with Crippen LogP contribution in [-0.2, 0) is 0 Å². The number of hydrogen-bond donors (Lipinski definition) is 2. The maximum absolute atomic E-state index is 9.60. The van der Waals surface area contributed by atoms with E-state index in [2.05, 4.69) is 21.0 Å². The van der Waals surface area contributed by atoms with Crippen LogP contribution < -0.4 is 0 Å². The van der Waals surface area contributed by atoms with Crippen molar-refractivity contribution in [3.05, 3.63) is 42.2 Å². The summed E-state index contributed by atoms with van der Waals surface area (Å²) in [5, 5.41) is 18.9. The van der Waals surface area contributed by atoms with Gasteiger partial charge in [-0.3, -0.25) is 0 Å². The molecule has 0 radical (unpaired) electrons. The second-order valence-corrected chi connectivity index (χ2v) is 3.83. The minimum atomic E-state index is -0.0452. The lowest BCUT2D eigenvalue weighted by molar-refractivity contribution is 0.459. The molecule has 0 atom stereocenters. The van der Waals surface area contributed by atoms with E-state index in [1.807, 2.05) is 12.1 Å². The zero-order valence-electron chi connectivity index (χ0n) is 9.25. The molecular formula is C13H8N4O. The predicted molar refractivity (Wildman–Crippen MR) is 65.7 cm³/mol. The zero-order chi connectivity index (χ0) is 12.5. The molecule has 0 aliphatic carbocycles. The van der Waals surface area contributed by atoms with Crippen molar-refractivity contribution in [1.82, 2.24) is 15.0 Å². The van der Waals surface area contributed by atoms with E-state index in [4.69, 9.17) is 5.26 Å². The number of aromatic amines is 1. The van der Waals surface area contributed by atoms with Crippen LogP contribution in [-0.4, -0.2) is 20.1 Å². The van der Waals surface area contributed by atoms with Gasteiger partial charge in [-0.15, -0.1) is 0 Å². The maximum atomic E-state index is 9.60. The van der Waals surface area contributed by atoms with Crippen molar-refractivity contribution in [2.75, 3.05) is 0 Å². The molecule has 0 aliphatic heterocycles. The van der Waals surface area contributed by atoms with Gasteiger partial charge >= 0.3 is 0 Å². The molecule has 86 valence electrons. The highest BCUT2D eigenvalue weighted by atomic mass is 16.3. The smallest absolute Gasteiger partial charge is 0.223 e. The van der Waals surface area contributed by atoms with Crippen molar-refractivity contribution < 1.29 is 5.11 Å². The number of aromatic hydroxyl groups is 1. The van der Waals surface area contributed by atoms with E-state index >= 15 is 0 Å². The Morgan fingerprint density at radius 1 is 1.17 bits per heavy atom. The number of nitrogens with zero attached hydrogens (tertiary/aromatic N) is 3. The van der Waals surface area contributed by atoms with Crippen LogP contribution in [0.4, 0.5) is 0 Å². The van der Waals surface area contributed by atoms with Crippen LogP contribution in [0.2, 0.25) is 0 Å². The summed E-state index contributed by atoms with van der Waals surface area (Å²) in [6.07, 6.45) is 1.30. The molecule has 5 nitrogen and oxygen atoms in total. The normalized spacial score (nSPS) is 10.4. The first-order valence-corrected chi connectivity index (χ1v) is 5.31. The average molecular weight is 236 g/mol. The van der Waals surface area contributed by atoms with E-state index < -0.39 is 0 Å². The zero-order valence-corrected chi connectivity index (χ0v) is 9.25. The quantitative estimate of drug-likeness (QED) is 0.678. The molecule has 0 unspecified atom stereocenters. The highest BCUT2D eigenvalue weighted by Gasteiger charge is 2.08. The van der Waals surface area contributed by atoms with Crippen LogP contribution >= 0.6 is 0 Å². The summed E-state index contributed by atoms with van der Waals surface area (Å²) in [4.78, 5) is 10.9. The van der Waals surface area contributed by atoms with Crippen LogP contribution in [0.25, 0.3) is 22.3 Å². The van der Waals surface area contributed by atoms with Gasteiger partial charge in [0.1, 0.15) is 12.0 Å². The summed E-state index contributed by atoms with van der Waals surface area (Å²) in [5.41, 5.74) is 2.94. The van der Waals surface area contributed by atoms with E-state index in [1.165, 1.54) is 6.33 Å². The van der Waals surface area contributed by atoms with Gasteiger partial charge in [0.2, 0.25) is 5.88 Å². The third-order valence-electron chi connectivity index (χ3n) is 2.73. The van der Waals surface area contributed by atoms with Gasteiger partial charge in [-0.2, -0.15) is 5.26 Å². The fraction of sp³-hybridized carbons (Fsp3) is 0. The van der Waals surface area contributed by atoms with Gasteiger partial charge in [0.25, 0.3) is 0 Å². The molecule has 0 spiro atoms. The molecule has 3 aromatic rings. The number of nitrogens with one attached hydrogen (secondary N) is 1. The SMILES string of the molecule is N#Cc1ccc(-c2cc3c(O)ncnc3[nH]2)cc1. The summed E-state index contributed by atoms with van der Waals surface area (Å²) in [5.74, 6) is -0.0452. The predicted octanol–water partition coefficient (Wildman–Crippen LogP) is 2.20. The van der Waals surface area contributed by atoms with Crippen molar-refractivity contribution in [2.24, 2.45) is 0 Å². The summed E-state index contributed by atoms with van der Waals surface area (Å²) in [6.45, 7) is 0. The first-order chi connectivity index (χ1) is 8.78. The van der Waals surface area contributed by atoms with Crippen LogP contribution in [0.5, 0.6) is 5.88 Å². The van der Waals surface area contributed by atoms with Crippen molar-refractivity contribution in [3.8, 4) is 23.2 Å². The number of hydrogen-bond acceptors (Lipinski definition) is 4. The number of rotatable bonds is 1. The van der Waals surface area contributed by atoms with Crippen molar-refractivity contribution >= 4 is 11.0 Å². The lowest BCUT2D eigenvalue weighted by Gasteiger charge is -1.96. The molecule has 2 aromatic heterocycles.